The normalized spacial score (nSPS) is 11.1. The van der Waals surface area contributed by atoms with E-state index in [4.69, 9.17) is 9.97 Å². The Morgan fingerprint density at radius 3 is 1.81 bits per heavy atom. The first-order valence-electron chi connectivity index (χ1n) is 9.74. The SMILES string of the molecule is CSc1ccccc1-c1ccc(-c2ccccc2[N+](=O)[O-])c2nc3ccccc3nc12. The van der Waals surface area contributed by atoms with Gasteiger partial charge < -0.3 is 0 Å². The van der Waals surface area contributed by atoms with E-state index in [-0.39, 0.29) is 10.6 Å². The molecule has 1 aromatic heterocycles. The molecular formula is C25H17N3O2S. The molecule has 150 valence electrons. The number of nitro groups is 1. The molecule has 0 aliphatic heterocycles. The Morgan fingerprint density at radius 2 is 1.19 bits per heavy atom. The summed E-state index contributed by atoms with van der Waals surface area (Å²) in [6.07, 6.45) is 2.05. The fourth-order valence-electron chi connectivity index (χ4n) is 3.86. The molecule has 0 aliphatic carbocycles. The van der Waals surface area contributed by atoms with E-state index in [1.807, 2.05) is 54.8 Å². The van der Waals surface area contributed by atoms with E-state index in [0.717, 1.165) is 32.6 Å². The van der Waals surface area contributed by atoms with Crippen molar-refractivity contribution in [1.82, 2.24) is 9.97 Å². The third-order valence-electron chi connectivity index (χ3n) is 5.29. The van der Waals surface area contributed by atoms with Crippen LogP contribution in [0, 0.1) is 10.1 Å². The van der Waals surface area contributed by atoms with Gasteiger partial charge in [-0.25, -0.2) is 9.97 Å². The monoisotopic (exact) mass is 423 g/mol. The average Bonchev–Trinajstić information content (AvgIpc) is 2.82. The number of nitrogens with zero attached hydrogens (tertiary/aromatic N) is 3. The Balaban J connectivity index is 1.90. The molecule has 1 heterocycles. The zero-order chi connectivity index (χ0) is 21.4. The predicted molar refractivity (Wildman–Crippen MR) is 126 cm³/mol. The second kappa shape index (κ2) is 7.81. The van der Waals surface area contributed by atoms with Crippen LogP contribution in [-0.4, -0.2) is 21.1 Å². The minimum Gasteiger partial charge on any atom is -0.258 e. The van der Waals surface area contributed by atoms with Crippen molar-refractivity contribution in [3.8, 4) is 22.3 Å². The van der Waals surface area contributed by atoms with E-state index >= 15 is 0 Å². The average molecular weight is 423 g/mol. The summed E-state index contributed by atoms with van der Waals surface area (Å²) in [5.41, 5.74) is 6.24. The van der Waals surface area contributed by atoms with Crippen molar-refractivity contribution in [2.45, 2.75) is 4.90 Å². The zero-order valence-corrected chi connectivity index (χ0v) is 17.5. The molecule has 0 bridgehead atoms. The maximum Gasteiger partial charge on any atom is 0.277 e. The summed E-state index contributed by atoms with van der Waals surface area (Å²) < 4.78 is 0. The van der Waals surface area contributed by atoms with E-state index in [1.165, 1.54) is 6.07 Å². The summed E-state index contributed by atoms with van der Waals surface area (Å²) in [6.45, 7) is 0. The van der Waals surface area contributed by atoms with Crippen LogP contribution >= 0.6 is 11.8 Å². The molecular weight excluding hydrogens is 406 g/mol. The van der Waals surface area contributed by atoms with Crippen molar-refractivity contribution in [3.05, 3.63) is 95.0 Å². The first-order valence-corrected chi connectivity index (χ1v) is 11.0. The van der Waals surface area contributed by atoms with Gasteiger partial charge in [-0.3, -0.25) is 10.1 Å². The first kappa shape index (κ1) is 19.2. The number of rotatable bonds is 4. The van der Waals surface area contributed by atoms with Crippen LogP contribution in [0.5, 0.6) is 0 Å². The highest BCUT2D eigenvalue weighted by molar-refractivity contribution is 7.98. The minimum atomic E-state index is -0.355. The van der Waals surface area contributed by atoms with Gasteiger partial charge in [-0.2, -0.15) is 0 Å². The maximum atomic E-state index is 11.7. The number of thioether (sulfide) groups is 1. The molecule has 5 rings (SSSR count). The van der Waals surface area contributed by atoms with E-state index < -0.39 is 0 Å². The molecule has 0 unspecified atom stereocenters. The summed E-state index contributed by atoms with van der Waals surface area (Å²) in [5, 5.41) is 11.7. The Kier molecular flexibility index (Phi) is 4.84. The Morgan fingerprint density at radius 1 is 0.677 bits per heavy atom. The molecule has 4 aromatic carbocycles. The van der Waals surface area contributed by atoms with Crippen LogP contribution in [0.4, 0.5) is 5.69 Å². The summed E-state index contributed by atoms with van der Waals surface area (Å²) >= 11 is 1.67. The van der Waals surface area contributed by atoms with E-state index in [2.05, 4.69) is 12.1 Å². The van der Waals surface area contributed by atoms with E-state index in [0.29, 0.717) is 16.6 Å². The first-order chi connectivity index (χ1) is 15.2. The topological polar surface area (TPSA) is 68.9 Å². The van der Waals surface area contributed by atoms with Crippen LogP contribution in [-0.2, 0) is 0 Å². The largest absolute Gasteiger partial charge is 0.277 e. The van der Waals surface area contributed by atoms with Gasteiger partial charge in [0.25, 0.3) is 5.69 Å². The molecule has 0 saturated carbocycles. The molecule has 0 fully saturated rings. The smallest absolute Gasteiger partial charge is 0.258 e. The van der Waals surface area contributed by atoms with Gasteiger partial charge in [0, 0.05) is 22.1 Å². The molecule has 6 heteroatoms. The highest BCUT2D eigenvalue weighted by atomic mass is 32.2. The Bertz CT molecular complexity index is 1470. The van der Waals surface area contributed by atoms with Gasteiger partial charge in [0.05, 0.1) is 32.6 Å². The summed E-state index contributed by atoms with van der Waals surface area (Å²) in [6, 6.07) is 26.5. The van der Waals surface area contributed by atoms with Crippen LogP contribution in [0.2, 0.25) is 0 Å². The third-order valence-corrected chi connectivity index (χ3v) is 6.08. The van der Waals surface area contributed by atoms with Crippen molar-refractivity contribution >= 4 is 39.5 Å². The fraction of sp³-hybridized carbons (Fsp3) is 0.0400. The van der Waals surface area contributed by atoms with Crippen LogP contribution < -0.4 is 0 Å². The Labute approximate surface area is 182 Å². The van der Waals surface area contributed by atoms with Crippen LogP contribution in [0.25, 0.3) is 44.3 Å². The Hall–Kier alpha value is -3.77. The van der Waals surface area contributed by atoms with Gasteiger partial charge in [0.1, 0.15) is 0 Å². The molecule has 0 amide bonds. The highest BCUT2D eigenvalue weighted by Crippen LogP contribution is 2.40. The lowest BCUT2D eigenvalue weighted by atomic mass is 9.96. The van der Waals surface area contributed by atoms with Crippen LogP contribution in [0.3, 0.4) is 0 Å². The standard InChI is InChI=1S/C25H17N3O2S/c1-31-23-13-7-3-9-17(23)19-15-14-18(16-8-2-6-12-22(16)28(29)30)24-25(19)27-21-11-5-4-10-20(21)26-24/h2-15H,1H3. The molecule has 5 aromatic rings. The van der Waals surface area contributed by atoms with E-state index in [1.54, 1.807) is 30.0 Å². The molecule has 5 nitrogen and oxygen atoms in total. The van der Waals surface area contributed by atoms with Gasteiger partial charge in [-0.15, -0.1) is 11.8 Å². The van der Waals surface area contributed by atoms with Crippen LogP contribution in [0.1, 0.15) is 0 Å². The fourth-order valence-corrected chi connectivity index (χ4v) is 4.48. The third kappa shape index (κ3) is 3.31. The minimum absolute atomic E-state index is 0.0519. The van der Waals surface area contributed by atoms with Gasteiger partial charge in [0.2, 0.25) is 0 Å². The van der Waals surface area contributed by atoms with Crippen molar-refractivity contribution in [3.63, 3.8) is 0 Å². The number of nitro benzene ring substituents is 1. The number of benzene rings is 4. The molecule has 0 spiro atoms. The summed E-state index contributed by atoms with van der Waals surface area (Å²) in [7, 11) is 0. The molecule has 0 N–H and O–H groups in total. The van der Waals surface area contributed by atoms with Gasteiger partial charge >= 0.3 is 0 Å². The van der Waals surface area contributed by atoms with Gasteiger partial charge in [-0.1, -0.05) is 54.6 Å². The van der Waals surface area contributed by atoms with Crippen LogP contribution in [0.15, 0.2) is 89.8 Å². The zero-order valence-electron chi connectivity index (χ0n) is 16.6. The molecule has 0 radical (unpaired) electrons. The number of fused-ring (bicyclic) bond motifs is 2. The van der Waals surface area contributed by atoms with Crippen molar-refractivity contribution in [2.24, 2.45) is 0 Å². The number of hydrogen-bond donors (Lipinski definition) is 0. The lowest BCUT2D eigenvalue weighted by Gasteiger charge is -2.14. The lowest BCUT2D eigenvalue weighted by molar-refractivity contribution is -0.384. The number of para-hydroxylation sites is 3. The molecule has 0 atom stereocenters. The summed E-state index contributed by atoms with van der Waals surface area (Å²) in [4.78, 5) is 22.3. The van der Waals surface area contributed by atoms with Gasteiger partial charge in [0.15, 0.2) is 0 Å². The quantitative estimate of drug-likeness (QED) is 0.138. The maximum absolute atomic E-state index is 11.7. The van der Waals surface area contributed by atoms with Crippen molar-refractivity contribution in [2.75, 3.05) is 6.26 Å². The summed E-state index contributed by atoms with van der Waals surface area (Å²) in [5.74, 6) is 0. The molecule has 0 aliphatic rings. The molecule has 31 heavy (non-hydrogen) atoms. The molecule has 0 saturated heterocycles. The number of hydrogen-bond acceptors (Lipinski definition) is 5. The van der Waals surface area contributed by atoms with Crippen molar-refractivity contribution < 1.29 is 4.92 Å². The lowest BCUT2D eigenvalue weighted by Crippen LogP contribution is -1.96. The van der Waals surface area contributed by atoms with Crippen molar-refractivity contribution in [1.29, 1.82) is 0 Å². The number of aromatic nitrogens is 2. The predicted octanol–water partition coefficient (Wildman–Crippen LogP) is 6.75. The highest BCUT2D eigenvalue weighted by Gasteiger charge is 2.20. The van der Waals surface area contributed by atoms with E-state index in [9.17, 15) is 10.1 Å². The second-order valence-electron chi connectivity index (χ2n) is 7.04. The van der Waals surface area contributed by atoms with Gasteiger partial charge in [-0.05, 0) is 36.1 Å². The second-order valence-corrected chi connectivity index (χ2v) is 7.89.